The molecule has 1 fully saturated rings. The minimum absolute atomic E-state index is 0.101. The first-order valence-electron chi connectivity index (χ1n) is 9.55. The molecule has 0 aliphatic carbocycles. The largest absolute Gasteiger partial charge is 0.488 e. The number of benzene rings is 3. The van der Waals surface area contributed by atoms with E-state index in [1.165, 1.54) is 12.1 Å². The van der Waals surface area contributed by atoms with Gasteiger partial charge in [-0.25, -0.2) is 4.39 Å². The van der Waals surface area contributed by atoms with Gasteiger partial charge in [0.05, 0.1) is 15.9 Å². The van der Waals surface area contributed by atoms with E-state index in [0.717, 1.165) is 32.3 Å². The zero-order valence-corrected chi connectivity index (χ0v) is 19.7. The van der Waals surface area contributed by atoms with Gasteiger partial charge in [-0.05, 0) is 86.9 Å². The Bertz CT molecular complexity index is 1200. The number of rotatable bonds is 6. The average Bonchev–Trinajstić information content (AvgIpc) is 3.03. The maximum atomic E-state index is 13.1. The molecule has 1 aliphatic rings. The van der Waals surface area contributed by atoms with Crippen LogP contribution in [0.5, 0.6) is 5.75 Å². The van der Waals surface area contributed by atoms with Crippen molar-refractivity contribution in [2.24, 2.45) is 0 Å². The van der Waals surface area contributed by atoms with Gasteiger partial charge < -0.3 is 4.74 Å². The highest BCUT2D eigenvalue weighted by Crippen LogP contribution is 2.35. The molecule has 1 heterocycles. The Hall–Kier alpha value is -2.61. The molecule has 1 saturated heterocycles. The monoisotopic (exact) mass is 531 g/mol. The molecule has 0 radical (unpaired) electrons. The first kappa shape index (κ1) is 22.6. The summed E-state index contributed by atoms with van der Waals surface area (Å²) in [6.07, 6.45) is 1.67. The lowest BCUT2D eigenvalue weighted by Gasteiger charge is -2.12. The fourth-order valence-electron chi connectivity index (χ4n) is 3.03. The van der Waals surface area contributed by atoms with Crippen LogP contribution in [0.25, 0.3) is 6.08 Å². The molecule has 32 heavy (non-hydrogen) atoms. The van der Waals surface area contributed by atoms with Crippen LogP contribution in [0.4, 0.5) is 9.18 Å². The number of imide groups is 1. The van der Waals surface area contributed by atoms with E-state index >= 15 is 0 Å². The zero-order valence-electron chi connectivity index (χ0n) is 16.6. The van der Waals surface area contributed by atoms with Gasteiger partial charge in [0.1, 0.15) is 18.2 Å². The maximum Gasteiger partial charge on any atom is 0.293 e. The Balaban J connectivity index is 1.44. The van der Waals surface area contributed by atoms with Crippen molar-refractivity contribution in [3.8, 4) is 5.75 Å². The second kappa shape index (κ2) is 9.90. The summed E-state index contributed by atoms with van der Waals surface area (Å²) in [7, 11) is 0. The van der Waals surface area contributed by atoms with Crippen molar-refractivity contribution in [2.45, 2.75) is 13.2 Å². The lowest BCUT2D eigenvalue weighted by molar-refractivity contribution is -0.123. The molecule has 3 aromatic carbocycles. The normalized spacial score (nSPS) is 15.0. The summed E-state index contributed by atoms with van der Waals surface area (Å²) < 4.78 is 19.7. The Morgan fingerprint density at radius 3 is 2.38 bits per heavy atom. The summed E-state index contributed by atoms with van der Waals surface area (Å²) in [6, 6.07) is 18.6. The molecule has 0 spiro atoms. The fraction of sp³-hybridized carbons (Fsp3) is 0.0833. The van der Waals surface area contributed by atoms with Crippen LogP contribution in [0.3, 0.4) is 0 Å². The Morgan fingerprint density at radius 2 is 1.69 bits per heavy atom. The number of carbonyl (C=O) groups is 2. The molecule has 4 rings (SSSR count). The van der Waals surface area contributed by atoms with Crippen molar-refractivity contribution in [3.63, 3.8) is 0 Å². The standard InChI is InChI=1S/C24H16BrClFNO3S/c25-20-11-17(5-10-21(20)31-14-16-1-6-18(26)7-2-16)12-22-23(29)28(24(30)32-22)13-15-3-8-19(27)9-4-15/h1-12H,13-14H2/b22-12-. The van der Waals surface area contributed by atoms with E-state index in [2.05, 4.69) is 15.9 Å². The molecule has 2 amide bonds. The number of hydrogen-bond acceptors (Lipinski definition) is 4. The summed E-state index contributed by atoms with van der Waals surface area (Å²) in [6.45, 7) is 0.487. The Kier molecular flexibility index (Phi) is 6.98. The molecular weight excluding hydrogens is 517 g/mol. The molecule has 0 atom stereocenters. The number of nitrogens with zero attached hydrogens (tertiary/aromatic N) is 1. The van der Waals surface area contributed by atoms with Crippen molar-refractivity contribution in [1.82, 2.24) is 4.90 Å². The molecule has 1 aliphatic heterocycles. The molecule has 162 valence electrons. The number of halogens is 3. The van der Waals surface area contributed by atoms with Crippen LogP contribution in [0, 0.1) is 5.82 Å². The number of amides is 2. The van der Waals surface area contributed by atoms with Gasteiger partial charge in [0.25, 0.3) is 11.1 Å². The van der Waals surface area contributed by atoms with Crippen LogP contribution >= 0.6 is 39.3 Å². The van der Waals surface area contributed by atoms with Crippen LogP contribution in [0.2, 0.25) is 5.02 Å². The number of thioether (sulfide) groups is 1. The minimum Gasteiger partial charge on any atom is -0.488 e. The topological polar surface area (TPSA) is 46.6 Å². The third kappa shape index (κ3) is 5.41. The molecule has 4 nitrogen and oxygen atoms in total. The number of carbonyl (C=O) groups excluding carboxylic acids is 2. The highest BCUT2D eigenvalue weighted by molar-refractivity contribution is 9.10. The summed E-state index contributed by atoms with van der Waals surface area (Å²) in [5.74, 6) is -0.0843. The van der Waals surface area contributed by atoms with Crippen molar-refractivity contribution in [3.05, 3.63) is 104 Å². The van der Waals surface area contributed by atoms with Crippen molar-refractivity contribution in [2.75, 3.05) is 0 Å². The van der Waals surface area contributed by atoms with Crippen LogP contribution in [0.15, 0.2) is 76.1 Å². The summed E-state index contributed by atoms with van der Waals surface area (Å²) >= 11 is 10.3. The van der Waals surface area contributed by atoms with E-state index in [0.29, 0.717) is 27.8 Å². The Labute approximate surface area is 202 Å². The molecular formula is C24H16BrClFNO3S. The van der Waals surface area contributed by atoms with E-state index in [-0.39, 0.29) is 23.5 Å². The summed E-state index contributed by atoms with van der Waals surface area (Å²) in [5.41, 5.74) is 2.42. The van der Waals surface area contributed by atoms with Gasteiger partial charge in [0, 0.05) is 5.02 Å². The van der Waals surface area contributed by atoms with E-state index in [1.54, 1.807) is 24.3 Å². The maximum absolute atomic E-state index is 13.1. The quantitative estimate of drug-likeness (QED) is 0.319. The molecule has 3 aromatic rings. The SMILES string of the molecule is O=C1S/C(=C\c2ccc(OCc3ccc(Cl)cc3)c(Br)c2)C(=O)N1Cc1ccc(F)cc1. The Morgan fingerprint density at radius 1 is 1.00 bits per heavy atom. The van der Waals surface area contributed by atoms with E-state index in [4.69, 9.17) is 16.3 Å². The predicted molar refractivity (Wildman–Crippen MR) is 128 cm³/mol. The second-order valence-electron chi connectivity index (χ2n) is 7.00. The van der Waals surface area contributed by atoms with Crippen molar-refractivity contribution < 1.29 is 18.7 Å². The minimum atomic E-state index is -0.372. The first-order valence-corrected chi connectivity index (χ1v) is 11.5. The van der Waals surface area contributed by atoms with Gasteiger partial charge in [0.2, 0.25) is 0 Å². The zero-order chi connectivity index (χ0) is 22.7. The summed E-state index contributed by atoms with van der Waals surface area (Å²) in [5, 5.41) is 0.314. The lowest BCUT2D eigenvalue weighted by Crippen LogP contribution is -2.27. The van der Waals surface area contributed by atoms with Gasteiger partial charge in [-0.3, -0.25) is 14.5 Å². The van der Waals surface area contributed by atoms with Crippen LogP contribution in [-0.4, -0.2) is 16.0 Å². The molecule has 8 heteroatoms. The first-order chi connectivity index (χ1) is 15.4. The highest BCUT2D eigenvalue weighted by Gasteiger charge is 2.35. The van der Waals surface area contributed by atoms with Gasteiger partial charge in [-0.2, -0.15) is 0 Å². The van der Waals surface area contributed by atoms with Gasteiger partial charge in [0.15, 0.2) is 0 Å². The summed E-state index contributed by atoms with van der Waals surface area (Å²) in [4.78, 5) is 26.5. The molecule has 0 bridgehead atoms. The van der Waals surface area contributed by atoms with Crippen LogP contribution in [-0.2, 0) is 17.9 Å². The van der Waals surface area contributed by atoms with Gasteiger partial charge >= 0.3 is 0 Å². The van der Waals surface area contributed by atoms with Crippen LogP contribution < -0.4 is 4.74 Å². The number of hydrogen-bond donors (Lipinski definition) is 0. The van der Waals surface area contributed by atoms with E-state index in [9.17, 15) is 14.0 Å². The highest BCUT2D eigenvalue weighted by atomic mass is 79.9. The number of ether oxygens (including phenoxy) is 1. The van der Waals surface area contributed by atoms with Crippen LogP contribution in [0.1, 0.15) is 16.7 Å². The van der Waals surface area contributed by atoms with E-state index < -0.39 is 0 Å². The predicted octanol–water partition coefficient (Wildman–Crippen LogP) is 7.06. The van der Waals surface area contributed by atoms with Crippen molar-refractivity contribution >= 4 is 56.5 Å². The third-order valence-corrected chi connectivity index (χ3v) is 6.47. The molecule has 0 saturated carbocycles. The lowest BCUT2D eigenvalue weighted by atomic mass is 10.2. The molecule has 0 aromatic heterocycles. The van der Waals surface area contributed by atoms with Gasteiger partial charge in [-0.15, -0.1) is 0 Å². The van der Waals surface area contributed by atoms with Crippen molar-refractivity contribution in [1.29, 1.82) is 0 Å². The fourth-order valence-corrected chi connectivity index (χ4v) is 4.50. The second-order valence-corrected chi connectivity index (χ2v) is 9.28. The smallest absolute Gasteiger partial charge is 0.293 e. The third-order valence-electron chi connectivity index (χ3n) is 4.69. The molecule has 0 N–H and O–H groups in total. The van der Waals surface area contributed by atoms with Gasteiger partial charge in [-0.1, -0.05) is 41.9 Å². The molecule has 0 unspecified atom stereocenters. The van der Waals surface area contributed by atoms with E-state index in [1.807, 2.05) is 36.4 Å². The average molecular weight is 533 g/mol.